The summed E-state index contributed by atoms with van der Waals surface area (Å²) in [5.41, 5.74) is 0.394. The van der Waals surface area contributed by atoms with Crippen molar-refractivity contribution in [3.05, 3.63) is 33.8 Å². The minimum absolute atomic E-state index is 0.00375. The zero-order valence-electron chi connectivity index (χ0n) is 9.54. The van der Waals surface area contributed by atoms with Gasteiger partial charge in [-0.15, -0.1) is 0 Å². The summed E-state index contributed by atoms with van der Waals surface area (Å²) < 4.78 is 10.1. The van der Waals surface area contributed by atoms with Crippen LogP contribution in [0.3, 0.4) is 0 Å². The second kappa shape index (κ2) is 7.67. The molecule has 0 fully saturated rings. The summed E-state index contributed by atoms with van der Waals surface area (Å²) in [6.45, 7) is 1.10. The Bertz CT molecular complexity index is 380. The molecule has 0 aliphatic rings. The monoisotopic (exact) mass is 276 g/mol. The van der Waals surface area contributed by atoms with Crippen molar-refractivity contribution in [1.82, 2.24) is 0 Å². The SMILES string of the molecule is COCCCOCC(=O)c1cc(Cl)ccc1Cl. The van der Waals surface area contributed by atoms with Crippen molar-refractivity contribution in [2.75, 3.05) is 26.9 Å². The highest BCUT2D eigenvalue weighted by Crippen LogP contribution is 2.21. The highest BCUT2D eigenvalue weighted by molar-refractivity contribution is 6.35. The van der Waals surface area contributed by atoms with Crippen molar-refractivity contribution in [2.24, 2.45) is 0 Å². The van der Waals surface area contributed by atoms with Crippen molar-refractivity contribution in [3.63, 3.8) is 0 Å². The highest BCUT2D eigenvalue weighted by atomic mass is 35.5. The predicted molar refractivity (Wildman–Crippen MR) is 68.1 cm³/mol. The van der Waals surface area contributed by atoms with Gasteiger partial charge < -0.3 is 9.47 Å². The summed E-state index contributed by atoms with van der Waals surface area (Å²) >= 11 is 11.7. The average Bonchev–Trinajstić information content (AvgIpc) is 2.32. The molecule has 0 amide bonds. The number of hydrogen-bond acceptors (Lipinski definition) is 3. The number of hydrogen-bond donors (Lipinski definition) is 0. The Kier molecular flexibility index (Phi) is 6.52. The number of carbonyl (C=O) groups excluding carboxylic acids is 1. The van der Waals surface area contributed by atoms with E-state index in [1.807, 2.05) is 0 Å². The summed E-state index contributed by atoms with van der Waals surface area (Å²) in [6.07, 6.45) is 0.757. The molecule has 0 aromatic heterocycles. The first kappa shape index (κ1) is 14.5. The molecule has 0 unspecified atom stereocenters. The molecule has 5 heteroatoms. The average molecular weight is 277 g/mol. The molecule has 0 atom stereocenters. The Balaban J connectivity index is 2.44. The molecular formula is C12H14Cl2O3. The summed E-state index contributed by atoms with van der Waals surface area (Å²) in [4.78, 5) is 11.8. The molecular weight excluding hydrogens is 263 g/mol. The third-order valence-electron chi connectivity index (χ3n) is 2.10. The molecule has 3 nitrogen and oxygen atoms in total. The Morgan fingerprint density at radius 2 is 2.06 bits per heavy atom. The van der Waals surface area contributed by atoms with Crippen LogP contribution in [0.5, 0.6) is 0 Å². The number of ketones is 1. The molecule has 0 N–H and O–H groups in total. The van der Waals surface area contributed by atoms with Gasteiger partial charge in [0.1, 0.15) is 6.61 Å². The van der Waals surface area contributed by atoms with Gasteiger partial charge in [-0.3, -0.25) is 4.79 Å². The van der Waals surface area contributed by atoms with Gasteiger partial charge in [-0.2, -0.15) is 0 Å². The lowest BCUT2D eigenvalue weighted by Crippen LogP contribution is -2.11. The lowest BCUT2D eigenvalue weighted by molar-refractivity contribution is 0.0705. The molecule has 1 aromatic rings. The number of Topliss-reactive ketones (excluding diaryl/α,β-unsaturated/α-hetero) is 1. The van der Waals surface area contributed by atoms with Gasteiger partial charge in [0.15, 0.2) is 5.78 Å². The van der Waals surface area contributed by atoms with Gasteiger partial charge in [0.2, 0.25) is 0 Å². The van der Waals surface area contributed by atoms with E-state index in [1.54, 1.807) is 25.3 Å². The number of methoxy groups -OCH3 is 1. The molecule has 0 aliphatic heterocycles. The number of carbonyl (C=O) groups is 1. The van der Waals surface area contributed by atoms with Crippen LogP contribution in [0.15, 0.2) is 18.2 Å². The van der Waals surface area contributed by atoms with Crippen LogP contribution < -0.4 is 0 Å². The van der Waals surface area contributed by atoms with E-state index in [1.165, 1.54) is 0 Å². The van der Waals surface area contributed by atoms with Crippen molar-refractivity contribution in [3.8, 4) is 0 Å². The zero-order chi connectivity index (χ0) is 12.7. The fourth-order valence-corrected chi connectivity index (χ4v) is 1.65. The minimum atomic E-state index is -0.171. The first-order chi connectivity index (χ1) is 8.15. The summed E-state index contributed by atoms with van der Waals surface area (Å²) in [5, 5.41) is 0.872. The van der Waals surface area contributed by atoms with E-state index >= 15 is 0 Å². The maximum absolute atomic E-state index is 11.8. The molecule has 0 spiro atoms. The van der Waals surface area contributed by atoms with Gasteiger partial charge in [-0.1, -0.05) is 23.2 Å². The van der Waals surface area contributed by atoms with Crippen LogP contribution in [0.25, 0.3) is 0 Å². The lowest BCUT2D eigenvalue weighted by Gasteiger charge is -2.05. The maximum Gasteiger partial charge on any atom is 0.190 e. The molecule has 0 saturated heterocycles. The molecule has 0 aliphatic carbocycles. The molecule has 0 radical (unpaired) electrons. The van der Waals surface area contributed by atoms with Crippen molar-refractivity contribution in [1.29, 1.82) is 0 Å². The van der Waals surface area contributed by atoms with Gasteiger partial charge in [-0.05, 0) is 24.6 Å². The molecule has 1 aromatic carbocycles. The fraction of sp³-hybridized carbons (Fsp3) is 0.417. The van der Waals surface area contributed by atoms with E-state index in [4.69, 9.17) is 32.7 Å². The van der Waals surface area contributed by atoms with Crippen LogP contribution >= 0.6 is 23.2 Å². The van der Waals surface area contributed by atoms with E-state index in [0.29, 0.717) is 28.8 Å². The van der Waals surface area contributed by atoms with Crippen LogP contribution in [-0.2, 0) is 9.47 Å². The first-order valence-corrected chi connectivity index (χ1v) is 5.95. The van der Waals surface area contributed by atoms with E-state index in [9.17, 15) is 4.79 Å². The lowest BCUT2D eigenvalue weighted by atomic mass is 10.1. The number of ether oxygens (including phenoxy) is 2. The van der Waals surface area contributed by atoms with Crippen LogP contribution in [0, 0.1) is 0 Å². The Morgan fingerprint density at radius 3 is 2.76 bits per heavy atom. The maximum atomic E-state index is 11.8. The van der Waals surface area contributed by atoms with Crippen molar-refractivity contribution < 1.29 is 14.3 Å². The van der Waals surface area contributed by atoms with Crippen molar-refractivity contribution >= 4 is 29.0 Å². The van der Waals surface area contributed by atoms with Gasteiger partial charge in [-0.25, -0.2) is 0 Å². The van der Waals surface area contributed by atoms with Gasteiger partial charge in [0, 0.05) is 30.9 Å². The Hall–Kier alpha value is -0.610. The normalized spacial score (nSPS) is 10.5. The molecule has 1 rings (SSSR count). The summed E-state index contributed by atoms with van der Waals surface area (Å²) in [7, 11) is 1.62. The largest absolute Gasteiger partial charge is 0.385 e. The number of halogens is 2. The number of rotatable bonds is 7. The topological polar surface area (TPSA) is 35.5 Å². The fourth-order valence-electron chi connectivity index (χ4n) is 1.26. The molecule has 17 heavy (non-hydrogen) atoms. The molecule has 94 valence electrons. The minimum Gasteiger partial charge on any atom is -0.385 e. The van der Waals surface area contributed by atoms with Gasteiger partial charge >= 0.3 is 0 Å². The third kappa shape index (κ3) is 5.04. The van der Waals surface area contributed by atoms with Crippen molar-refractivity contribution in [2.45, 2.75) is 6.42 Å². The third-order valence-corrected chi connectivity index (χ3v) is 2.66. The Labute approximate surface area is 111 Å². The molecule has 0 heterocycles. The summed E-state index contributed by atoms with van der Waals surface area (Å²) in [5.74, 6) is -0.171. The van der Waals surface area contributed by atoms with Crippen LogP contribution in [0.4, 0.5) is 0 Å². The second-order valence-corrected chi connectivity index (χ2v) is 4.29. The second-order valence-electron chi connectivity index (χ2n) is 3.45. The smallest absolute Gasteiger partial charge is 0.190 e. The Morgan fingerprint density at radius 1 is 1.29 bits per heavy atom. The zero-order valence-corrected chi connectivity index (χ0v) is 11.1. The summed E-state index contributed by atoms with van der Waals surface area (Å²) in [6, 6.07) is 4.78. The van der Waals surface area contributed by atoms with E-state index in [0.717, 1.165) is 6.42 Å². The van der Waals surface area contributed by atoms with Crippen LogP contribution in [0.2, 0.25) is 10.0 Å². The molecule has 0 bridgehead atoms. The van der Waals surface area contributed by atoms with Gasteiger partial charge in [0.25, 0.3) is 0 Å². The predicted octanol–water partition coefficient (Wildman–Crippen LogP) is 3.23. The van der Waals surface area contributed by atoms with E-state index in [-0.39, 0.29) is 12.4 Å². The van der Waals surface area contributed by atoms with Crippen LogP contribution in [-0.4, -0.2) is 32.7 Å². The molecule has 0 saturated carbocycles. The van der Waals surface area contributed by atoms with Crippen LogP contribution in [0.1, 0.15) is 16.8 Å². The van der Waals surface area contributed by atoms with E-state index in [2.05, 4.69) is 0 Å². The first-order valence-electron chi connectivity index (χ1n) is 5.20. The number of benzene rings is 1. The van der Waals surface area contributed by atoms with Gasteiger partial charge in [0.05, 0.1) is 5.02 Å². The quantitative estimate of drug-likeness (QED) is 0.567. The standard InChI is InChI=1S/C12H14Cl2O3/c1-16-5-2-6-17-8-12(15)10-7-9(13)3-4-11(10)14/h3-4,7H,2,5-6,8H2,1H3. The highest BCUT2D eigenvalue weighted by Gasteiger charge is 2.10. The van der Waals surface area contributed by atoms with E-state index < -0.39 is 0 Å².